The number of halogens is 2. The Balaban J connectivity index is 2.46. The smallest absolute Gasteiger partial charge is 0.355 e. The zero-order valence-corrected chi connectivity index (χ0v) is 17.5. The Kier molecular flexibility index (Phi) is 6.25. The number of allylic oxidation sites excluding steroid dienone is 1. The SMILES string of the molecule is COC(=O)C1=C(C(=O)OC)N(c2ccc(F)c(F)c2C)C(N)=C(C#N)C1c1ccccc1. The first-order valence-corrected chi connectivity index (χ1v) is 9.38. The van der Waals surface area contributed by atoms with E-state index in [0.717, 1.165) is 25.2 Å². The fraction of sp³-hybridized carbons (Fsp3) is 0.174. The monoisotopic (exact) mass is 439 g/mol. The Morgan fingerprint density at radius 2 is 1.69 bits per heavy atom. The van der Waals surface area contributed by atoms with Crippen LogP contribution in [-0.2, 0) is 19.1 Å². The lowest BCUT2D eigenvalue weighted by Gasteiger charge is -2.36. The third-order valence-electron chi connectivity index (χ3n) is 5.16. The van der Waals surface area contributed by atoms with Crippen molar-refractivity contribution in [2.75, 3.05) is 19.1 Å². The number of methoxy groups -OCH3 is 2. The number of benzene rings is 2. The molecule has 1 unspecified atom stereocenters. The maximum absolute atomic E-state index is 14.4. The second-order valence-electron chi connectivity index (χ2n) is 6.84. The first kappa shape index (κ1) is 22.5. The Bertz CT molecular complexity index is 1200. The van der Waals surface area contributed by atoms with Gasteiger partial charge in [0.05, 0.1) is 43.0 Å². The third-order valence-corrected chi connectivity index (χ3v) is 5.16. The maximum atomic E-state index is 14.4. The lowest BCUT2D eigenvalue weighted by Crippen LogP contribution is -2.41. The van der Waals surface area contributed by atoms with Gasteiger partial charge < -0.3 is 15.2 Å². The zero-order valence-electron chi connectivity index (χ0n) is 17.5. The quantitative estimate of drug-likeness (QED) is 0.730. The van der Waals surface area contributed by atoms with Crippen LogP contribution in [0.1, 0.15) is 17.0 Å². The van der Waals surface area contributed by atoms with Crippen LogP contribution in [0.25, 0.3) is 0 Å². The second kappa shape index (κ2) is 8.89. The summed E-state index contributed by atoms with van der Waals surface area (Å²) in [4.78, 5) is 26.8. The summed E-state index contributed by atoms with van der Waals surface area (Å²) in [6.07, 6.45) is 0. The van der Waals surface area contributed by atoms with Gasteiger partial charge in [-0.25, -0.2) is 18.4 Å². The van der Waals surface area contributed by atoms with Gasteiger partial charge in [-0.1, -0.05) is 30.3 Å². The molecule has 0 amide bonds. The highest BCUT2D eigenvalue weighted by Crippen LogP contribution is 2.44. The van der Waals surface area contributed by atoms with Gasteiger partial charge in [0.2, 0.25) is 0 Å². The molecule has 2 N–H and O–H groups in total. The largest absolute Gasteiger partial charge is 0.466 e. The fourth-order valence-electron chi connectivity index (χ4n) is 3.65. The van der Waals surface area contributed by atoms with Crippen LogP contribution in [0.2, 0.25) is 0 Å². The Morgan fingerprint density at radius 3 is 2.25 bits per heavy atom. The van der Waals surface area contributed by atoms with Gasteiger partial charge in [-0.3, -0.25) is 4.90 Å². The van der Waals surface area contributed by atoms with Crippen LogP contribution >= 0.6 is 0 Å². The van der Waals surface area contributed by atoms with Crippen LogP contribution in [0.15, 0.2) is 65.1 Å². The molecule has 0 saturated heterocycles. The Labute approximate surface area is 182 Å². The van der Waals surface area contributed by atoms with Gasteiger partial charge in [0.15, 0.2) is 11.6 Å². The molecule has 2 aromatic carbocycles. The molecule has 0 radical (unpaired) electrons. The molecule has 1 heterocycles. The van der Waals surface area contributed by atoms with E-state index in [1.807, 2.05) is 6.07 Å². The normalized spacial score (nSPS) is 16.0. The van der Waals surface area contributed by atoms with Crippen molar-refractivity contribution in [1.82, 2.24) is 0 Å². The van der Waals surface area contributed by atoms with E-state index < -0.39 is 29.5 Å². The third kappa shape index (κ3) is 3.56. The summed E-state index contributed by atoms with van der Waals surface area (Å²) >= 11 is 0. The number of hydrogen-bond acceptors (Lipinski definition) is 7. The van der Waals surface area contributed by atoms with Gasteiger partial charge in [0.25, 0.3) is 0 Å². The number of rotatable bonds is 4. The lowest BCUT2D eigenvalue weighted by atomic mass is 9.80. The maximum Gasteiger partial charge on any atom is 0.355 e. The minimum atomic E-state index is -1.16. The summed E-state index contributed by atoms with van der Waals surface area (Å²) in [5.74, 6) is -5.44. The molecule has 1 aliphatic rings. The van der Waals surface area contributed by atoms with Crippen LogP contribution in [0, 0.1) is 29.9 Å². The van der Waals surface area contributed by atoms with Crippen molar-refractivity contribution in [3.63, 3.8) is 0 Å². The van der Waals surface area contributed by atoms with Gasteiger partial charge in [-0.15, -0.1) is 0 Å². The lowest BCUT2D eigenvalue weighted by molar-refractivity contribution is -0.139. The number of nitriles is 1. The number of carbonyl (C=O) groups is 2. The van der Waals surface area contributed by atoms with Crippen LogP contribution in [-0.4, -0.2) is 26.2 Å². The number of nitrogens with two attached hydrogens (primary N) is 1. The molecule has 2 aromatic rings. The summed E-state index contributed by atoms with van der Waals surface area (Å²) in [6.45, 7) is 1.28. The first-order chi connectivity index (χ1) is 15.3. The summed E-state index contributed by atoms with van der Waals surface area (Å²) in [7, 11) is 2.21. The first-order valence-electron chi connectivity index (χ1n) is 9.38. The summed E-state index contributed by atoms with van der Waals surface area (Å²) in [5.41, 5.74) is 5.92. The minimum absolute atomic E-state index is 0.0394. The van der Waals surface area contributed by atoms with E-state index >= 15 is 0 Å². The topological polar surface area (TPSA) is 106 Å². The molecule has 1 atom stereocenters. The van der Waals surface area contributed by atoms with Crippen LogP contribution in [0.5, 0.6) is 0 Å². The average molecular weight is 439 g/mol. The second-order valence-corrected chi connectivity index (χ2v) is 6.84. The van der Waals surface area contributed by atoms with Gasteiger partial charge in [-0.2, -0.15) is 5.26 Å². The molecule has 0 bridgehead atoms. The molecule has 0 saturated carbocycles. The summed E-state index contributed by atoms with van der Waals surface area (Å²) < 4.78 is 37.9. The average Bonchev–Trinajstić information content (AvgIpc) is 2.81. The zero-order chi connectivity index (χ0) is 23.6. The number of hydrogen-bond donors (Lipinski definition) is 1. The molecule has 164 valence electrons. The molecule has 0 fully saturated rings. The van der Waals surface area contributed by atoms with Crippen molar-refractivity contribution in [2.24, 2.45) is 5.73 Å². The molecule has 0 spiro atoms. The molecule has 32 heavy (non-hydrogen) atoms. The van der Waals surface area contributed by atoms with E-state index in [2.05, 4.69) is 0 Å². The van der Waals surface area contributed by atoms with E-state index in [9.17, 15) is 23.6 Å². The predicted molar refractivity (Wildman–Crippen MR) is 111 cm³/mol. The summed E-state index contributed by atoms with van der Waals surface area (Å²) in [5, 5.41) is 9.94. The van der Waals surface area contributed by atoms with E-state index in [1.54, 1.807) is 30.3 Å². The van der Waals surface area contributed by atoms with Crippen molar-refractivity contribution in [3.8, 4) is 6.07 Å². The molecular formula is C23H19F2N3O4. The van der Waals surface area contributed by atoms with Gasteiger partial charge in [0.1, 0.15) is 11.5 Å². The van der Waals surface area contributed by atoms with Gasteiger partial charge in [0, 0.05) is 5.56 Å². The number of esters is 2. The highest BCUT2D eigenvalue weighted by molar-refractivity contribution is 6.06. The van der Waals surface area contributed by atoms with Crippen molar-refractivity contribution >= 4 is 17.6 Å². The molecule has 7 nitrogen and oxygen atoms in total. The number of nitrogens with zero attached hydrogens (tertiary/aromatic N) is 2. The Hall–Kier alpha value is -4.19. The fourth-order valence-corrected chi connectivity index (χ4v) is 3.65. The van der Waals surface area contributed by atoms with Crippen molar-refractivity contribution in [2.45, 2.75) is 12.8 Å². The molecular weight excluding hydrogens is 420 g/mol. The molecule has 0 aliphatic carbocycles. The van der Waals surface area contributed by atoms with E-state index in [1.165, 1.54) is 13.0 Å². The van der Waals surface area contributed by atoms with Crippen LogP contribution in [0.4, 0.5) is 14.5 Å². The molecule has 9 heteroatoms. The number of carbonyl (C=O) groups excluding carboxylic acids is 2. The Morgan fingerprint density at radius 1 is 1.06 bits per heavy atom. The predicted octanol–water partition coefficient (Wildman–Crippen LogP) is 3.17. The van der Waals surface area contributed by atoms with E-state index in [-0.39, 0.29) is 33.9 Å². The van der Waals surface area contributed by atoms with Gasteiger partial charge in [-0.05, 0) is 24.6 Å². The van der Waals surface area contributed by atoms with Crippen molar-refractivity contribution in [1.29, 1.82) is 5.26 Å². The summed E-state index contributed by atoms with van der Waals surface area (Å²) in [6, 6.07) is 12.5. The van der Waals surface area contributed by atoms with Crippen molar-refractivity contribution in [3.05, 3.63) is 87.9 Å². The van der Waals surface area contributed by atoms with Crippen molar-refractivity contribution < 1.29 is 27.8 Å². The minimum Gasteiger partial charge on any atom is -0.466 e. The highest BCUT2D eigenvalue weighted by Gasteiger charge is 2.43. The molecule has 3 rings (SSSR count). The molecule has 0 aromatic heterocycles. The highest BCUT2D eigenvalue weighted by atomic mass is 19.2. The standard InChI is InChI=1S/C23H19F2N3O4/c1-12-16(10-9-15(24)19(12)25)28-20(23(30)32-3)18(22(29)31-2)17(14(11-26)21(28)27)13-7-5-4-6-8-13/h4-10,17H,27H2,1-3H3. The number of ether oxygens (including phenoxy) is 2. The molecule has 1 aliphatic heterocycles. The van der Waals surface area contributed by atoms with Gasteiger partial charge >= 0.3 is 11.9 Å². The van der Waals surface area contributed by atoms with Crippen LogP contribution < -0.4 is 10.6 Å². The van der Waals surface area contributed by atoms with E-state index in [4.69, 9.17) is 15.2 Å². The van der Waals surface area contributed by atoms with Crippen LogP contribution in [0.3, 0.4) is 0 Å². The van der Waals surface area contributed by atoms with E-state index in [0.29, 0.717) is 5.56 Å². The number of anilines is 1.